The Bertz CT molecular complexity index is 327. The highest BCUT2D eigenvalue weighted by atomic mass is 19.1. The van der Waals surface area contributed by atoms with Gasteiger partial charge in [0, 0.05) is 17.7 Å². The zero-order valence-electron chi connectivity index (χ0n) is 9.46. The topological polar surface area (TPSA) is 35.2 Å². The van der Waals surface area contributed by atoms with Crippen LogP contribution >= 0.6 is 0 Å². The molecule has 0 aliphatic rings. The van der Waals surface area contributed by atoms with E-state index in [0.717, 1.165) is 6.42 Å². The summed E-state index contributed by atoms with van der Waals surface area (Å²) in [7, 11) is 1.52. The fourth-order valence-corrected chi connectivity index (χ4v) is 1.47. The minimum absolute atomic E-state index is 0.249. The standard InChI is InChI=1S/C12H18FNO/c1-4-8(2)12(14)10-6-5-9(15-3)7-11(10)13/h5-8,12H,4,14H2,1-3H3. The van der Waals surface area contributed by atoms with E-state index in [1.165, 1.54) is 13.2 Å². The van der Waals surface area contributed by atoms with Crippen LogP contribution in [-0.2, 0) is 0 Å². The molecule has 0 bridgehead atoms. The Morgan fingerprint density at radius 2 is 2.13 bits per heavy atom. The minimum atomic E-state index is -0.290. The molecular formula is C12H18FNO. The molecule has 2 nitrogen and oxygen atoms in total. The van der Waals surface area contributed by atoms with E-state index in [9.17, 15) is 4.39 Å². The van der Waals surface area contributed by atoms with Gasteiger partial charge < -0.3 is 10.5 Å². The zero-order valence-corrected chi connectivity index (χ0v) is 9.46. The van der Waals surface area contributed by atoms with E-state index in [0.29, 0.717) is 11.3 Å². The number of rotatable bonds is 4. The summed E-state index contributed by atoms with van der Waals surface area (Å²) < 4.78 is 18.6. The average Bonchev–Trinajstić information content (AvgIpc) is 2.26. The number of hydrogen-bond acceptors (Lipinski definition) is 2. The second-order valence-corrected chi connectivity index (χ2v) is 3.80. The van der Waals surface area contributed by atoms with Gasteiger partial charge in [0.25, 0.3) is 0 Å². The monoisotopic (exact) mass is 211 g/mol. The van der Waals surface area contributed by atoms with Gasteiger partial charge in [0.2, 0.25) is 0 Å². The summed E-state index contributed by atoms with van der Waals surface area (Å²) in [4.78, 5) is 0. The van der Waals surface area contributed by atoms with Gasteiger partial charge in [-0.1, -0.05) is 26.3 Å². The van der Waals surface area contributed by atoms with Crippen molar-refractivity contribution in [3.8, 4) is 5.75 Å². The van der Waals surface area contributed by atoms with Crippen molar-refractivity contribution in [2.75, 3.05) is 7.11 Å². The molecule has 2 atom stereocenters. The summed E-state index contributed by atoms with van der Waals surface area (Å²) in [6.07, 6.45) is 0.937. The summed E-state index contributed by atoms with van der Waals surface area (Å²) in [5.41, 5.74) is 6.52. The maximum Gasteiger partial charge on any atom is 0.131 e. The fourth-order valence-electron chi connectivity index (χ4n) is 1.47. The Labute approximate surface area is 90.2 Å². The molecule has 0 amide bonds. The van der Waals surface area contributed by atoms with Crippen molar-refractivity contribution >= 4 is 0 Å². The smallest absolute Gasteiger partial charge is 0.131 e. The van der Waals surface area contributed by atoms with E-state index in [1.54, 1.807) is 12.1 Å². The number of ether oxygens (including phenoxy) is 1. The maximum atomic E-state index is 13.6. The van der Waals surface area contributed by atoms with E-state index in [-0.39, 0.29) is 17.8 Å². The molecule has 0 aliphatic heterocycles. The lowest BCUT2D eigenvalue weighted by Crippen LogP contribution is -2.19. The quantitative estimate of drug-likeness (QED) is 0.831. The van der Waals surface area contributed by atoms with Gasteiger partial charge in [0.15, 0.2) is 0 Å². The Hall–Kier alpha value is -1.09. The first-order valence-corrected chi connectivity index (χ1v) is 5.19. The van der Waals surface area contributed by atoms with E-state index in [4.69, 9.17) is 10.5 Å². The highest BCUT2D eigenvalue weighted by molar-refractivity contribution is 5.30. The molecule has 0 saturated carbocycles. The maximum absolute atomic E-state index is 13.6. The summed E-state index contributed by atoms with van der Waals surface area (Å²) in [6, 6.07) is 4.56. The van der Waals surface area contributed by atoms with Crippen molar-refractivity contribution in [2.24, 2.45) is 11.7 Å². The van der Waals surface area contributed by atoms with Gasteiger partial charge in [-0.3, -0.25) is 0 Å². The Morgan fingerprint density at radius 1 is 1.47 bits per heavy atom. The molecule has 0 heterocycles. The largest absolute Gasteiger partial charge is 0.497 e. The van der Waals surface area contributed by atoms with Gasteiger partial charge in [-0.2, -0.15) is 0 Å². The number of methoxy groups -OCH3 is 1. The van der Waals surface area contributed by atoms with Crippen molar-refractivity contribution in [3.05, 3.63) is 29.6 Å². The lowest BCUT2D eigenvalue weighted by molar-refractivity contribution is 0.405. The number of nitrogens with two attached hydrogens (primary N) is 1. The highest BCUT2D eigenvalue weighted by Gasteiger charge is 2.17. The average molecular weight is 211 g/mol. The van der Waals surface area contributed by atoms with Gasteiger partial charge in [-0.05, 0) is 12.0 Å². The summed E-state index contributed by atoms with van der Waals surface area (Å²) >= 11 is 0. The van der Waals surface area contributed by atoms with Gasteiger partial charge in [0.1, 0.15) is 11.6 Å². The second-order valence-electron chi connectivity index (χ2n) is 3.80. The first-order chi connectivity index (χ1) is 7.10. The van der Waals surface area contributed by atoms with Gasteiger partial charge >= 0.3 is 0 Å². The van der Waals surface area contributed by atoms with E-state index >= 15 is 0 Å². The third-order valence-corrected chi connectivity index (χ3v) is 2.82. The molecule has 0 fully saturated rings. The summed E-state index contributed by atoms with van der Waals surface area (Å²) in [5.74, 6) is 0.502. The fraction of sp³-hybridized carbons (Fsp3) is 0.500. The third kappa shape index (κ3) is 2.69. The molecule has 3 heteroatoms. The molecule has 0 radical (unpaired) electrons. The predicted octanol–water partition coefficient (Wildman–Crippen LogP) is 2.88. The number of benzene rings is 1. The van der Waals surface area contributed by atoms with E-state index in [1.807, 2.05) is 13.8 Å². The van der Waals surface area contributed by atoms with Crippen LogP contribution in [0.15, 0.2) is 18.2 Å². The van der Waals surface area contributed by atoms with Crippen molar-refractivity contribution < 1.29 is 9.13 Å². The molecule has 2 N–H and O–H groups in total. The molecule has 1 rings (SSSR count). The van der Waals surface area contributed by atoms with Crippen LogP contribution in [0.4, 0.5) is 4.39 Å². The second kappa shape index (κ2) is 5.12. The first-order valence-electron chi connectivity index (χ1n) is 5.19. The van der Waals surface area contributed by atoms with Crippen LogP contribution in [0.3, 0.4) is 0 Å². The van der Waals surface area contributed by atoms with Gasteiger partial charge in [-0.25, -0.2) is 4.39 Å². The van der Waals surface area contributed by atoms with Gasteiger partial charge in [0.05, 0.1) is 7.11 Å². The van der Waals surface area contributed by atoms with Crippen LogP contribution in [0, 0.1) is 11.7 Å². The molecule has 1 aromatic carbocycles. The lowest BCUT2D eigenvalue weighted by atomic mass is 9.93. The van der Waals surface area contributed by atoms with Crippen LogP contribution in [0.5, 0.6) is 5.75 Å². The molecule has 2 unspecified atom stereocenters. The van der Waals surface area contributed by atoms with Crippen molar-refractivity contribution in [2.45, 2.75) is 26.3 Å². The van der Waals surface area contributed by atoms with Crippen molar-refractivity contribution in [1.29, 1.82) is 0 Å². The third-order valence-electron chi connectivity index (χ3n) is 2.82. The molecular weight excluding hydrogens is 193 g/mol. The first kappa shape index (κ1) is 12.0. The number of hydrogen-bond donors (Lipinski definition) is 1. The lowest BCUT2D eigenvalue weighted by Gasteiger charge is -2.19. The van der Waals surface area contributed by atoms with Crippen LogP contribution in [-0.4, -0.2) is 7.11 Å². The normalized spacial score (nSPS) is 14.7. The summed E-state index contributed by atoms with van der Waals surface area (Å²) in [5, 5.41) is 0. The van der Waals surface area contributed by atoms with E-state index in [2.05, 4.69) is 0 Å². The molecule has 15 heavy (non-hydrogen) atoms. The molecule has 0 aliphatic carbocycles. The molecule has 84 valence electrons. The number of halogens is 1. The van der Waals surface area contributed by atoms with Crippen LogP contribution in [0.1, 0.15) is 31.9 Å². The highest BCUT2D eigenvalue weighted by Crippen LogP contribution is 2.26. The molecule has 0 aromatic heterocycles. The van der Waals surface area contributed by atoms with Crippen molar-refractivity contribution in [1.82, 2.24) is 0 Å². The molecule has 0 spiro atoms. The summed E-state index contributed by atoms with van der Waals surface area (Å²) in [6.45, 7) is 4.07. The van der Waals surface area contributed by atoms with Crippen LogP contribution < -0.4 is 10.5 Å². The van der Waals surface area contributed by atoms with Gasteiger partial charge in [-0.15, -0.1) is 0 Å². The Morgan fingerprint density at radius 3 is 2.60 bits per heavy atom. The van der Waals surface area contributed by atoms with Crippen molar-refractivity contribution in [3.63, 3.8) is 0 Å². The van der Waals surface area contributed by atoms with Crippen LogP contribution in [0.2, 0.25) is 0 Å². The molecule has 1 aromatic rings. The Kier molecular flexibility index (Phi) is 4.09. The zero-order chi connectivity index (χ0) is 11.4. The minimum Gasteiger partial charge on any atom is -0.497 e. The van der Waals surface area contributed by atoms with Crippen LogP contribution in [0.25, 0.3) is 0 Å². The predicted molar refractivity (Wildman–Crippen MR) is 59.3 cm³/mol. The SMILES string of the molecule is CCC(C)C(N)c1ccc(OC)cc1F. The Balaban J connectivity index is 2.95. The van der Waals surface area contributed by atoms with E-state index < -0.39 is 0 Å². The molecule has 0 saturated heterocycles.